The summed E-state index contributed by atoms with van der Waals surface area (Å²) in [5, 5.41) is 11.1. The molecule has 0 aliphatic carbocycles. The van der Waals surface area contributed by atoms with Crippen LogP contribution < -0.4 is 5.32 Å². The molecule has 0 spiro atoms. The predicted octanol–water partition coefficient (Wildman–Crippen LogP) is 4.34. The maximum absolute atomic E-state index is 6.13. The molecule has 0 amide bonds. The van der Waals surface area contributed by atoms with Crippen LogP contribution in [0.25, 0.3) is 11.3 Å². The van der Waals surface area contributed by atoms with E-state index in [2.05, 4.69) is 27.6 Å². The second-order valence-electron chi connectivity index (χ2n) is 4.49. The molecule has 1 heterocycles. The van der Waals surface area contributed by atoms with Gasteiger partial charge in [0.25, 0.3) is 0 Å². The SMILES string of the molecule is Clc1ccccc1CNc1ccc(-c2ccn[nH]2)cc1. The van der Waals surface area contributed by atoms with E-state index in [1.807, 2.05) is 42.5 Å². The molecule has 0 aliphatic rings. The molecule has 0 saturated carbocycles. The Kier molecular flexibility index (Phi) is 3.70. The molecule has 1 aromatic heterocycles. The molecule has 3 nitrogen and oxygen atoms in total. The lowest BCUT2D eigenvalue weighted by atomic mass is 10.1. The predicted molar refractivity (Wildman–Crippen MR) is 82.8 cm³/mol. The molecular formula is C16H14ClN3. The summed E-state index contributed by atoms with van der Waals surface area (Å²) in [5.41, 5.74) is 4.29. The first-order valence-electron chi connectivity index (χ1n) is 6.40. The van der Waals surface area contributed by atoms with E-state index in [0.29, 0.717) is 6.54 Å². The van der Waals surface area contributed by atoms with Crippen LogP contribution in [0.4, 0.5) is 5.69 Å². The Morgan fingerprint density at radius 3 is 2.50 bits per heavy atom. The first kappa shape index (κ1) is 12.8. The van der Waals surface area contributed by atoms with Gasteiger partial charge in [-0.05, 0) is 35.4 Å². The molecule has 0 radical (unpaired) electrons. The standard InChI is InChI=1S/C16H14ClN3/c17-15-4-2-1-3-13(15)11-18-14-7-5-12(6-8-14)16-9-10-19-20-16/h1-10,18H,11H2,(H,19,20). The van der Waals surface area contributed by atoms with Gasteiger partial charge in [0.15, 0.2) is 0 Å². The highest BCUT2D eigenvalue weighted by Crippen LogP contribution is 2.20. The van der Waals surface area contributed by atoms with Gasteiger partial charge >= 0.3 is 0 Å². The number of H-pyrrole nitrogens is 1. The molecule has 4 heteroatoms. The van der Waals surface area contributed by atoms with Crippen LogP contribution in [-0.2, 0) is 6.54 Å². The number of hydrogen-bond donors (Lipinski definition) is 2. The summed E-state index contributed by atoms with van der Waals surface area (Å²) < 4.78 is 0. The lowest BCUT2D eigenvalue weighted by molar-refractivity contribution is 1.09. The van der Waals surface area contributed by atoms with Crippen LogP contribution in [-0.4, -0.2) is 10.2 Å². The molecule has 0 fully saturated rings. The average molecular weight is 284 g/mol. The van der Waals surface area contributed by atoms with Crippen LogP contribution in [0.5, 0.6) is 0 Å². The van der Waals surface area contributed by atoms with Crippen molar-refractivity contribution in [2.45, 2.75) is 6.54 Å². The minimum absolute atomic E-state index is 0.711. The summed E-state index contributed by atoms with van der Waals surface area (Å²) in [6, 6.07) is 18.0. The third-order valence-electron chi connectivity index (χ3n) is 3.14. The number of nitrogens with zero attached hydrogens (tertiary/aromatic N) is 1. The van der Waals surface area contributed by atoms with Crippen molar-refractivity contribution in [2.75, 3.05) is 5.32 Å². The number of halogens is 1. The van der Waals surface area contributed by atoms with Gasteiger partial charge in [-0.25, -0.2) is 0 Å². The highest BCUT2D eigenvalue weighted by atomic mass is 35.5. The molecule has 2 N–H and O–H groups in total. The molecule has 100 valence electrons. The van der Waals surface area contributed by atoms with Crippen LogP contribution in [0, 0.1) is 0 Å². The molecule has 0 aliphatic heterocycles. The number of rotatable bonds is 4. The highest BCUT2D eigenvalue weighted by Gasteiger charge is 2.01. The normalized spacial score (nSPS) is 10.4. The molecule has 0 saturated heterocycles. The smallest absolute Gasteiger partial charge is 0.0650 e. The van der Waals surface area contributed by atoms with E-state index in [1.165, 1.54) is 0 Å². The maximum Gasteiger partial charge on any atom is 0.0650 e. The summed E-state index contributed by atoms with van der Waals surface area (Å²) in [5.74, 6) is 0. The van der Waals surface area contributed by atoms with Gasteiger partial charge in [0, 0.05) is 23.5 Å². The molecule has 2 aromatic carbocycles. The van der Waals surface area contributed by atoms with E-state index in [0.717, 1.165) is 27.5 Å². The number of hydrogen-bond acceptors (Lipinski definition) is 2. The first-order valence-corrected chi connectivity index (χ1v) is 6.78. The Bertz CT molecular complexity index is 675. The summed E-state index contributed by atoms with van der Waals surface area (Å²) in [7, 11) is 0. The van der Waals surface area contributed by atoms with E-state index in [4.69, 9.17) is 11.6 Å². The second-order valence-corrected chi connectivity index (χ2v) is 4.90. The van der Waals surface area contributed by atoms with E-state index >= 15 is 0 Å². The van der Waals surface area contributed by atoms with Crippen molar-refractivity contribution in [3.8, 4) is 11.3 Å². The molecule has 0 bridgehead atoms. The first-order chi connectivity index (χ1) is 9.83. The van der Waals surface area contributed by atoms with Gasteiger partial charge in [-0.15, -0.1) is 0 Å². The van der Waals surface area contributed by atoms with Gasteiger partial charge in [-0.2, -0.15) is 5.10 Å². The van der Waals surface area contributed by atoms with Gasteiger partial charge in [-0.1, -0.05) is 41.9 Å². The zero-order valence-corrected chi connectivity index (χ0v) is 11.6. The summed E-state index contributed by atoms with van der Waals surface area (Å²) in [6.07, 6.45) is 1.75. The maximum atomic E-state index is 6.13. The molecule has 20 heavy (non-hydrogen) atoms. The number of anilines is 1. The zero-order chi connectivity index (χ0) is 13.8. The van der Waals surface area contributed by atoms with Gasteiger partial charge < -0.3 is 5.32 Å². The topological polar surface area (TPSA) is 40.7 Å². The largest absolute Gasteiger partial charge is 0.381 e. The van der Waals surface area contributed by atoms with Gasteiger partial charge in [0.05, 0.1) is 5.69 Å². The van der Waals surface area contributed by atoms with Gasteiger partial charge in [0.1, 0.15) is 0 Å². The van der Waals surface area contributed by atoms with Crippen molar-refractivity contribution < 1.29 is 0 Å². The van der Waals surface area contributed by atoms with Gasteiger partial charge in [0.2, 0.25) is 0 Å². The van der Waals surface area contributed by atoms with Crippen molar-refractivity contribution in [1.82, 2.24) is 10.2 Å². The lowest BCUT2D eigenvalue weighted by Crippen LogP contribution is -1.99. The quantitative estimate of drug-likeness (QED) is 0.748. The number of aromatic amines is 1. The molecule has 3 aromatic rings. The summed E-state index contributed by atoms with van der Waals surface area (Å²) in [4.78, 5) is 0. The Labute approximate surface area is 122 Å². The Morgan fingerprint density at radius 1 is 1.00 bits per heavy atom. The number of benzene rings is 2. The fraction of sp³-hybridized carbons (Fsp3) is 0.0625. The second kappa shape index (κ2) is 5.80. The Hall–Kier alpha value is -2.26. The highest BCUT2D eigenvalue weighted by molar-refractivity contribution is 6.31. The van der Waals surface area contributed by atoms with E-state index < -0.39 is 0 Å². The van der Waals surface area contributed by atoms with E-state index in [9.17, 15) is 0 Å². The average Bonchev–Trinajstić information content (AvgIpc) is 3.01. The third kappa shape index (κ3) is 2.83. The minimum atomic E-state index is 0.711. The van der Waals surface area contributed by atoms with Crippen molar-refractivity contribution in [3.05, 3.63) is 71.4 Å². The number of aromatic nitrogens is 2. The fourth-order valence-corrected chi connectivity index (χ4v) is 2.23. The summed E-state index contributed by atoms with van der Waals surface area (Å²) >= 11 is 6.13. The van der Waals surface area contributed by atoms with Crippen LogP contribution in [0.3, 0.4) is 0 Å². The van der Waals surface area contributed by atoms with Crippen LogP contribution in [0.1, 0.15) is 5.56 Å². The van der Waals surface area contributed by atoms with Crippen LogP contribution in [0.15, 0.2) is 60.8 Å². The fourth-order valence-electron chi connectivity index (χ4n) is 2.02. The minimum Gasteiger partial charge on any atom is -0.381 e. The van der Waals surface area contributed by atoms with Crippen LogP contribution >= 0.6 is 11.6 Å². The van der Waals surface area contributed by atoms with Gasteiger partial charge in [-0.3, -0.25) is 5.10 Å². The Morgan fingerprint density at radius 2 is 1.80 bits per heavy atom. The van der Waals surface area contributed by atoms with E-state index in [-0.39, 0.29) is 0 Å². The number of nitrogens with one attached hydrogen (secondary N) is 2. The molecule has 0 atom stereocenters. The lowest BCUT2D eigenvalue weighted by Gasteiger charge is -2.08. The Balaban J connectivity index is 1.68. The van der Waals surface area contributed by atoms with Crippen molar-refractivity contribution in [2.24, 2.45) is 0 Å². The van der Waals surface area contributed by atoms with Crippen molar-refractivity contribution >= 4 is 17.3 Å². The van der Waals surface area contributed by atoms with Crippen molar-refractivity contribution in [3.63, 3.8) is 0 Å². The summed E-state index contributed by atoms with van der Waals surface area (Å²) in [6.45, 7) is 0.711. The zero-order valence-electron chi connectivity index (χ0n) is 10.8. The monoisotopic (exact) mass is 283 g/mol. The third-order valence-corrected chi connectivity index (χ3v) is 3.51. The van der Waals surface area contributed by atoms with Crippen molar-refractivity contribution in [1.29, 1.82) is 0 Å². The molecule has 3 rings (SSSR count). The molecular weight excluding hydrogens is 270 g/mol. The van der Waals surface area contributed by atoms with Crippen LogP contribution in [0.2, 0.25) is 5.02 Å². The molecule has 0 unspecified atom stereocenters. The van der Waals surface area contributed by atoms with E-state index in [1.54, 1.807) is 6.20 Å².